The van der Waals surface area contributed by atoms with Crippen LogP contribution < -0.4 is 4.72 Å². The topological polar surface area (TPSA) is 32.3 Å². The van der Waals surface area contributed by atoms with Gasteiger partial charge < -0.3 is 5.11 Å². The lowest BCUT2D eigenvalue weighted by Crippen LogP contribution is -2.04. The Hall–Kier alpha value is 0.850. The number of aliphatic hydroxyl groups is 1. The summed E-state index contributed by atoms with van der Waals surface area (Å²) >= 11 is 3.59. The molecule has 0 amide bonds. The zero-order chi connectivity index (χ0) is 4.12. The van der Waals surface area contributed by atoms with Crippen molar-refractivity contribution in [2.75, 3.05) is 13.2 Å². The predicted molar refractivity (Wildman–Crippen MR) is 38.6 cm³/mol. The standard InChI is InChI=1S/C2H7NOS.2ClH/c4-2-1-3-5;;/h3-5H,1-2H2;2*1H. The van der Waals surface area contributed by atoms with Crippen LogP contribution in [0.3, 0.4) is 0 Å². The van der Waals surface area contributed by atoms with Crippen LogP contribution in [0.2, 0.25) is 0 Å². The van der Waals surface area contributed by atoms with Crippen LogP contribution >= 0.6 is 37.6 Å². The molecule has 0 rings (SSSR count). The van der Waals surface area contributed by atoms with E-state index in [4.69, 9.17) is 5.11 Å². The summed E-state index contributed by atoms with van der Waals surface area (Å²) in [6.45, 7) is 0.715. The van der Waals surface area contributed by atoms with Crippen LogP contribution in [0, 0.1) is 0 Å². The van der Waals surface area contributed by atoms with Crippen LogP contribution in [0.4, 0.5) is 0 Å². The van der Waals surface area contributed by atoms with E-state index in [1.807, 2.05) is 0 Å². The minimum absolute atomic E-state index is 0. The van der Waals surface area contributed by atoms with Gasteiger partial charge in [0.05, 0.1) is 6.61 Å². The third-order valence-corrected chi connectivity index (χ3v) is 0.447. The highest BCUT2D eigenvalue weighted by molar-refractivity contribution is 7.78. The fourth-order valence-electron chi connectivity index (χ4n) is 0.0500. The summed E-state index contributed by atoms with van der Waals surface area (Å²) in [6.07, 6.45) is 0. The van der Waals surface area contributed by atoms with Crippen molar-refractivity contribution >= 4 is 37.6 Å². The number of hydrogen-bond donors (Lipinski definition) is 3. The molecule has 2 nitrogen and oxygen atoms in total. The summed E-state index contributed by atoms with van der Waals surface area (Å²) in [5.74, 6) is 0. The molecule has 0 aromatic rings. The van der Waals surface area contributed by atoms with Gasteiger partial charge >= 0.3 is 0 Å². The first-order valence-corrected chi connectivity index (χ1v) is 1.84. The summed E-state index contributed by atoms with van der Waals surface area (Å²) in [7, 11) is 0. The molecule has 0 saturated heterocycles. The fourth-order valence-corrected chi connectivity index (χ4v) is 0.150. The Morgan fingerprint density at radius 2 is 1.86 bits per heavy atom. The lowest BCUT2D eigenvalue weighted by atomic mass is 10.8. The van der Waals surface area contributed by atoms with E-state index in [0.717, 1.165) is 0 Å². The van der Waals surface area contributed by atoms with Crippen LogP contribution in [0.25, 0.3) is 0 Å². The maximum atomic E-state index is 7.95. The Morgan fingerprint density at radius 1 is 1.43 bits per heavy atom. The van der Waals surface area contributed by atoms with Crippen LogP contribution in [0.1, 0.15) is 0 Å². The molecule has 0 spiro atoms. The highest BCUT2D eigenvalue weighted by atomic mass is 35.5. The average molecular weight is 166 g/mol. The van der Waals surface area contributed by atoms with E-state index >= 15 is 0 Å². The predicted octanol–water partition coefficient (Wildman–Crippen LogP) is 0.257. The fraction of sp³-hybridized carbons (Fsp3) is 1.00. The monoisotopic (exact) mass is 165 g/mol. The second-order valence-corrected chi connectivity index (χ2v) is 0.948. The SMILES string of the molecule is Cl.Cl.OCCNS. The zero-order valence-corrected chi connectivity index (χ0v) is 6.15. The lowest BCUT2D eigenvalue weighted by Gasteiger charge is -1.83. The van der Waals surface area contributed by atoms with Crippen LogP contribution in [0.15, 0.2) is 0 Å². The van der Waals surface area contributed by atoms with Crippen LogP contribution in [-0.4, -0.2) is 18.3 Å². The highest BCUT2D eigenvalue weighted by Gasteiger charge is 1.66. The van der Waals surface area contributed by atoms with Crippen LogP contribution in [0.5, 0.6) is 0 Å². The molecule has 2 N–H and O–H groups in total. The van der Waals surface area contributed by atoms with Crippen molar-refractivity contribution < 1.29 is 5.11 Å². The minimum atomic E-state index is 0. The van der Waals surface area contributed by atoms with Gasteiger partial charge in [0.15, 0.2) is 0 Å². The van der Waals surface area contributed by atoms with Gasteiger partial charge in [0.1, 0.15) is 0 Å². The first-order chi connectivity index (χ1) is 2.41. The first kappa shape index (κ1) is 15.7. The van der Waals surface area contributed by atoms with E-state index in [0.29, 0.717) is 6.54 Å². The van der Waals surface area contributed by atoms with Gasteiger partial charge in [0.25, 0.3) is 0 Å². The molecule has 7 heavy (non-hydrogen) atoms. The molecule has 0 saturated carbocycles. The number of nitrogens with one attached hydrogen (secondary N) is 1. The third-order valence-electron chi connectivity index (χ3n) is 0.224. The molecule has 0 radical (unpaired) electrons. The average Bonchev–Trinajstić information content (AvgIpc) is 1.41. The van der Waals surface area contributed by atoms with Gasteiger partial charge in [-0.15, -0.1) is 24.8 Å². The maximum Gasteiger partial charge on any atom is 0.0565 e. The Balaban J connectivity index is -0.0000000800. The lowest BCUT2D eigenvalue weighted by molar-refractivity contribution is 0.303. The van der Waals surface area contributed by atoms with Gasteiger partial charge in [-0.25, -0.2) is 0 Å². The second kappa shape index (κ2) is 15.8. The Bertz CT molecular complexity index is 23.2. The molecule has 0 fully saturated rings. The quantitative estimate of drug-likeness (QED) is 0.514. The molecule has 48 valence electrons. The van der Waals surface area contributed by atoms with Gasteiger partial charge in [0.2, 0.25) is 0 Å². The van der Waals surface area contributed by atoms with Crippen molar-refractivity contribution in [1.82, 2.24) is 4.72 Å². The van der Waals surface area contributed by atoms with E-state index in [9.17, 15) is 0 Å². The van der Waals surface area contributed by atoms with Crippen molar-refractivity contribution in [2.45, 2.75) is 0 Å². The number of hydrogen-bond acceptors (Lipinski definition) is 3. The third kappa shape index (κ3) is 19.8. The summed E-state index contributed by atoms with van der Waals surface area (Å²) in [5, 5.41) is 7.95. The van der Waals surface area contributed by atoms with Crippen molar-refractivity contribution in [3.8, 4) is 0 Å². The molecule has 0 aliphatic carbocycles. The molecule has 0 aliphatic heterocycles. The van der Waals surface area contributed by atoms with Crippen LogP contribution in [-0.2, 0) is 0 Å². The Labute approximate surface area is 61.0 Å². The maximum absolute atomic E-state index is 7.95. The molecular formula is C2H9Cl2NOS. The highest BCUT2D eigenvalue weighted by Crippen LogP contribution is 1.54. The minimum Gasteiger partial charge on any atom is -0.395 e. The number of rotatable bonds is 2. The summed E-state index contributed by atoms with van der Waals surface area (Å²) < 4.78 is 2.46. The molecule has 0 heterocycles. The Morgan fingerprint density at radius 3 is 1.86 bits per heavy atom. The molecular weight excluding hydrogens is 157 g/mol. The molecule has 5 heteroatoms. The van der Waals surface area contributed by atoms with E-state index in [2.05, 4.69) is 17.5 Å². The molecule has 0 atom stereocenters. The molecule has 0 aromatic heterocycles. The van der Waals surface area contributed by atoms with Gasteiger partial charge in [-0.3, -0.25) is 4.72 Å². The summed E-state index contributed by atoms with van der Waals surface area (Å²) in [4.78, 5) is 0. The van der Waals surface area contributed by atoms with Crippen molar-refractivity contribution in [2.24, 2.45) is 0 Å². The van der Waals surface area contributed by atoms with Crippen molar-refractivity contribution in [3.63, 3.8) is 0 Å². The Kier molecular flexibility index (Phi) is 35.4. The van der Waals surface area contributed by atoms with E-state index in [1.54, 1.807) is 0 Å². The van der Waals surface area contributed by atoms with E-state index < -0.39 is 0 Å². The first-order valence-electron chi connectivity index (χ1n) is 1.39. The molecule has 0 aromatic carbocycles. The zero-order valence-electron chi connectivity index (χ0n) is 3.63. The number of aliphatic hydroxyl groups excluding tert-OH is 1. The smallest absolute Gasteiger partial charge is 0.0565 e. The van der Waals surface area contributed by atoms with E-state index in [1.165, 1.54) is 0 Å². The summed E-state index contributed by atoms with van der Waals surface area (Å²) in [5.41, 5.74) is 0. The van der Waals surface area contributed by atoms with Gasteiger partial charge in [-0.1, -0.05) is 12.8 Å². The number of thiol groups is 1. The molecule has 0 aliphatic rings. The normalized spacial score (nSPS) is 6.00. The van der Waals surface area contributed by atoms with Gasteiger partial charge in [-0.05, 0) is 0 Å². The van der Waals surface area contributed by atoms with E-state index in [-0.39, 0.29) is 31.4 Å². The van der Waals surface area contributed by atoms with Gasteiger partial charge in [-0.2, -0.15) is 0 Å². The largest absolute Gasteiger partial charge is 0.395 e. The molecule has 0 bridgehead atoms. The summed E-state index contributed by atoms with van der Waals surface area (Å²) in [6, 6.07) is 0. The van der Waals surface area contributed by atoms with Crippen molar-refractivity contribution in [3.05, 3.63) is 0 Å². The molecule has 0 unspecified atom stereocenters. The second-order valence-electron chi connectivity index (χ2n) is 0.632. The van der Waals surface area contributed by atoms with Crippen molar-refractivity contribution in [1.29, 1.82) is 0 Å². The van der Waals surface area contributed by atoms with Gasteiger partial charge in [0, 0.05) is 6.54 Å². The number of halogens is 2.